The smallest absolute Gasteiger partial charge is 0.410 e. The van der Waals surface area contributed by atoms with E-state index in [1.807, 2.05) is 20.8 Å². The van der Waals surface area contributed by atoms with Gasteiger partial charge in [-0.15, -0.1) is 0 Å². The number of carbonyl (C=O) groups excluding carboxylic acids is 3. The van der Waals surface area contributed by atoms with Crippen molar-refractivity contribution < 1.29 is 28.2 Å². The van der Waals surface area contributed by atoms with Crippen LogP contribution in [0.15, 0.2) is 0 Å². The first kappa shape index (κ1) is 24.6. The van der Waals surface area contributed by atoms with Gasteiger partial charge < -0.3 is 20.1 Å². The van der Waals surface area contributed by atoms with E-state index in [0.717, 1.165) is 25.7 Å². The summed E-state index contributed by atoms with van der Waals surface area (Å²) in [5.74, 6) is -0.490. The van der Waals surface area contributed by atoms with Gasteiger partial charge in [0.05, 0.1) is 18.2 Å². The van der Waals surface area contributed by atoms with Crippen molar-refractivity contribution in [1.29, 1.82) is 0 Å². The third kappa shape index (κ3) is 6.93. The van der Waals surface area contributed by atoms with E-state index in [4.69, 9.17) is 15.2 Å². The van der Waals surface area contributed by atoms with Gasteiger partial charge in [-0.25, -0.2) is 4.79 Å². The van der Waals surface area contributed by atoms with Crippen molar-refractivity contribution in [2.75, 3.05) is 26.4 Å². The van der Waals surface area contributed by atoms with E-state index in [1.54, 1.807) is 4.90 Å². The number of alkyl halides is 1. The van der Waals surface area contributed by atoms with Crippen LogP contribution in [0.25, 0.3) is 0 Å². The molecule has 1 saturated heterocycles. The Morgan fingerprint density at radius 2 is 1.70 bits per heavy atom. The van der Waals surface area contributed by atoms with E-state index in [0.29, 0.717) is 39.0 Å². The van der Waals surface area contributed by atoms with E-state index in [2.05, 4.69) is 0 Å². The number of primary amides is 1. The zero-order chi connectivity index (χ0) is 22.4. The normalized spacial score (nSPS) is 24.3. The number of hydrogen-bond donors (Lipinski definition) is 1. The van der Waals surface area contributed by atoms with Crippen LogP contribution in [0.3, 0.4) is 0 Å². The molecule has 0 unspecified atom stereocenters. The molecule has 7 nitrogen and oxygen atoms in total. The van der Waals surface area contributed by atoms with Crippen LogP contribution in [0, 0.1) is 11.3 Å². The lowest BCUT2D eigenvalue weighted by molar-refractivity contribution is -0.138. The van der Waals surface area contributed by atoms with E-state index in [-0.39, 0.29) is 30.9 Å². The third-order valence-electron chi connectivity index (χ3n) is 6.17. The predicted molar refractivity (Wildman–Crippen MR) is 111 cm³/mol. The van der Waals surface area contributed by atoms with E-state index in [9.17, 15) is 18.8 Å². The van der Waals surface area contributed by atoms with Crippen LogP contribution in [0.5, 0.6) is 0 Å². The number of piperidine rings is 1. The van der Waals surface area contributed by atoms with E-state index in [1.165, 1.54) is 0 Å². The molecule has 2 fully saturated rings. The molecule has 2 N–H and O–H groups in total. The zero-order valence-electron chi connectivity index (χ0n) is 18.6. The highest BCUT2D eigenvalue weighted by molar-refractivity contribution is 5.90. The molecule has 2 aliphatic rings. The summed E-state index contributed by atoms with van der Waals surface area (Å²) in [4.78, 5) is 39.1. The van der Waals surface area contributed by atoms with Crippen molar-refractivity contribution in [3.63, 3.8) is 0 Å². The van der Waals surface area contributed by atoms with Gasteiger partial charge in [0.25, 0.3) is 0 Å². The number of nitrogens with two attached hydrogens (primary N) is 1. The summed E-state index contributed by atoms with van der Waals surface area (Å²) in [7, 11) is 0. The van der Waals surface area contributed by atoms with Gasteiger partial charge >= 0.3 is 6.09 Å². The lowest BCUT2D eigenvalue weighted by Gasteiger charge is -2.40. The summed E-state index contributed by atoms with van der Waals surface area (Å²) in [5, 5.41) is 0. The molecular weight excluding hydrogens is 391 g/mol. The van der Waals surface area contributed by atoms with Crippen molar-refractivity contribution in [1.82, 2.24) is 4.90 Å². The summed E-state index contributed by atoms with van der Waals surface area (Å²) < 4.78 is 23.2. The van der Waals surface area contributed by atoms with Crippen LogP contribution in [0.2, 0.25) is 0 Å². The minimum Gasteiger partial charge on any atom is -0.444 e. The average molecular weight is 429 g/mol. The molecule has 1 heterocycles. The minimum absolute atomic E-state index is 0.0710. The van der Waals surface area contributed by atoms with Crippen LogP contribution < -0.4 is 5.73 Å². The molecule has 1 saturated carbocycles. The Balaban J connectivity index is 1.87. The number of hydrogen-bond acceptors (Lipinski definition) is 5. The number of ether oxygens (including phenoxy) is 2. The van der Waals surface area contributed by atoms with Gasteiger partial charge in [-0.2, -0.15) is 0 Å². The van der Waals surface area contributed by atoms with Crippen LogP contribution in [-0.2, 0) is 19.1 Å². The molecule has 1 aliphatic heterocycles. The van der Waals surface area contributed by atoms with Crippen LogP contribution in [-0.4, -0.2) is 60.8 Å². The Morgan fingerprint density at radius 3 is 2.20 bits per heavy atom. The van der Waals surface area contributed by atoms with Crippen molar-refractivity contribution >= 4 is 17.8 Å². The molecular formula is C22H37FN2O5. The second-order valence-electron chi connectivity index (χ2n) is 9.64. The lowest BCUT2D eigenvalue weighted by atomic mass is 9.71. The first-order valence-electron chi connectivity index (χ1n) is 11.0. The maximum Gasteiger partial charge on any atom is 0.410 e. The van der Waals surface area contributed by atoms with Gasteiger partial charge in [-0.3, -0.25) is 14.0 Å². The SMILES string of the molecule is CC(C)(C)OC(=O)N1CCC(CC(=O)C2CCC(OCCCF)CC2)(C(N)=O)CC1. The summed E-state index contributed by atoms with van der Waals surface area (Å²) >= 11 is 0. The van der Waals surface area contributed by atoms with Crippen LogP contribution >= 0.6 is 0 Å². The highest BCUT2D eigenvalue weighted by Crippen LogP contribution is 2.38. The maximum absolute atomic E-state index is 12.9. The molecule has 1 aliphatic carbocycles. The molecule has 2 rings (SSSR count). The molecule has 0 bridgehead atoms. The summed E-state index contributed by atoms with van der Waals surface area (Å²) in [6.45, 7) is 6.15. The van der Waals surface area contributed by atoms with Crippen LogP contribution in [0.4, 0.5) is 9.18 Å². The number of nitrogens with zero attached hydrogens (tertiary/aromatic N) is 1. The highest BCUT2D eigenvalue weighted by atomic mass is 19.1. The second kappa shape index (κ2) is 10.6. The first-order valence-corrected chi connectivity index (χ1v) is 11.0. The number of carbonyl (C=O) groups is 3. The third-order valence-corrected chi connectivity index (χ3v) is 6.17. The quantitative estimate of drug-likeness (QED) is 0.598. The van der Waals surface area contributed by atoms with Crippen molar-refractivity contribution in [3.8, 4) is 0 Å². The van der Waals surface area contributed by atoms with Gasteiger partial charge in [-0.1, -0.05) is 0 Å². The number of amides is 2. The van der Waals surface area contributed by atoms with Gasteiger partial charge in [0.1, 0.15) is 11.4 Å². The fraction of sp³-hybridized carbons (Fsp3) is 0.864. The predicted octanol–water partition coefficient (Wildman–Crippen LogP) is 3.38. The van der Waals surface area contributed by atoms with Gasteiger partial charge in [0.2, 0.25) is 5.91 Å². The first-order chi connectivity index (χ1) is 14.1. The molecule has 0 spiro atoms. The van der Waals surface area contributed by atoms with Crippen molar-refractivity contribution in [2.45, 2.75) is 83.8 Å². The van der Waals surface area contributed by atoms with Gasteiger partial charge in [0.15, 0.2) is 0 Å². The number of halogens is 1. The van der Waals surface area contributed by atoms with Crippen molar-refractivity contribution in [3.05, 3.63) is 0 Å². The molecule has 0 radical (unpaired) electrons. The largest absolute Gasteiger partial charge is 0.444 e. The van der Waals surface area contributed by atoms with Crippen molar-refractivity contribution in [2.24, 2.45) is 17.1 Å². The van der Waals surface area contributed by atoms with Crippen LogP contribution in [0.1, 0.15) is 72.1 Å². The van der Waals surface area contributed by atoms with Gasteiger partial charge in [0, 0.05) is 32.0 Å². The van der Waals surface area contributed by atoms with E-state index < -0.39 is 23.0 Å². The van der Waals surface area contributed by atoms with Gasteiger partial charge in [-0.05, 0) is 65.7 Å². The molecule has 0 aromatic rings. The summed E-state index contributed by atoms with van der Waals surface area (Å²) in [6, 6.07) is 0. The Bertz CT molecular complexity index is 603. The highest BCUT2D eigenvalue weighted by Gasteiger charge is 2.44. The fourth-order valence-electron chi connectivity index (χ4n) is 4.29. The molecule has 172 valence electrons. The number of ketones is 1. The molecule has 2 amide bonds. The molecule has 0 atom stereocenters. The Labute approximate surface area is 178 Å². The standard InChI is InChI=1S/C22H37FN2O5/c1-21(2,3)30-20(28)25-12-9-22(10-13-25,19(24)27)15-18(26)16-5-7-17(8-6-16)29-14-4-11-23/h16-17H,4-15H2,1-3H3,(H2,24,27). The monoisotopic (exact) mass is 428 g/mol. The molecule has 0 aromatic heterocycles. The molecule has 30 heavy (non-hydrogen) atoms. The Kier molecular flexibility index (Phi) is 8.64. The lowest BCUT2D eigenvalue weighted by Crippen LogP contribution is -2.51. The Morgan fingerprint density at radius 1 is 1.10 bits per heavy atom. The minimum atomic E-state index is -0.899. The maximum atomic E-state index is 12.9. The fourth-order valence-corrected chi connectivity index (χ4v) is 4.29. The second-order valence-corrected chi connectivity index (χ2v) is 9.64. The average Bonchev–Trinajstić information content (AvgIpc) is 2.67. The number of rotatable bonds is 8. The Hall–Kier alpha value is -1.70. The molecule has 8 heteroatoms. The topological polar surface area (TPSA) is 98.9 Å². The zero-order valence-corrected chi connectivity index (χ0v) is 18.6. The number of likely N-dealkylation sites (tertiary alicyclic amines) is 1. The molecule has 0 aromatic carbocycles. The number of Topliss-reactive ketones (excluding diaryl/α,β-unsaturated/α-hetero) is 1. The summed E-state index contributed by atoms with van der Waals surface area (Å²) in [5.41, 5.74) is 4.23. The summed E-state index contributed by atoms with van der Waals surface area (Å²) in [6.07, 6.45) is 3.95. The van der Waals surface area contributed by atoms with E-state index >= 15 is 0 Å².